The Hall–Kier alpha value is -0.840. The van der Waals surface area contributed by atoms with Crippen LogP contribution in [0.5, 0.6) is 5.75 Å². The minimum Gasteiger partial charge on any atom is -0.492 e. The number of alkyl halides is 3. The van der Waals surface area contributed by atoms with Gasteiger partial charge in [-0.25, -0.2) is 0 Å². The molecule has 1 radical (unpaired) electrons. The molecule has 1 aromatic rings. The molecule has 0 atom stereocenters. The molecule has 5 heteroatoms. The third-order valence-corrected chi connectivity index (χ3v) is 2.54. The first-order chi connectivity index (χ1) is 7.53. The molecule has 0 saturated heterocycles. The molecule has 0 aromatic heterocycles. The maximum Gasteiger partial charge on any atom is 0.446 e. The van der Waals surface area contributed by atoms with Crippen molar-refractivity contribution >= 4 is 11.8 Å². The molecular weight excluding hydrogens is 237 g/mol. The molecular formula is C11H12F3OS. The van der Waals surface area contributed by atoms with E-state index in [1.807, 2.05) is 6.92 Å². The summed E-state index contributed by atoms with van der Waals surface area (Å²) >= 11 is -0.171. The van der Waals surface area contributed by atoms with Crippen LogP contribution in [0.3, 0.4) is 0 Å². The number of hydrogen-bond acceptors (Lipinski definition) is 2. The Bertz CT molecular complexity index is 325. The van der Waals surface area contributed by atoms with Crippen LogP contribution in [0.4, 0.5) is 13.2 Å². The quantitative estimate of drug-likeness (QED) is 0.569. The Balaban J connectivity index is 2.68. The van der Waals surface area contributed by atoms with Crippen LogP contribution < -0.4 is 4.74 Å². The van der Waals surface area contributed by atoms with Gasteiger partial charge in [0.1, 0.15) is 5.75 Å². The Morgan fingerprint density at radius 1 is 1.44 bits per heavy atom. The molecule has 0 aliphatic carbocycles. The fraction of sp³-hybridized carbons (Fsp3) is 0.455. The second kappa shape index (κ2) is 6.03. The topological polar surface area (TPSA) is 9.23 Å². The first-order valence-electron chi connectivity index (χ1n) is 4.91. The van der Waals surface area contributed by atoms with E-state index in [9.17, 15) is 13.2 Å². The van der Waals surface area contributed by atoms with Crippen LogP contribution in [0.25, 0.3) is 0 Å². The van der Waals surface area contributed by atoms with Crippen molar-refractivity contribution in [3.05, 3.63) is 24.3 Å². The van der Waals surface area contributed by atoms with E-state index in [1.165, 1.54) is 12.1 Å². The smallest absolute Gasteiger partial charge is 0.446 e. The van der Waals surface area contributed by atoms with Gasteiger partial charge in [-0.1, -0.05) is 19.4 Å². The molecule has 0 saturated carbocycles. The van der Waals surface area contributed by atoms with Gasteiger partial charge in [-0.15, -0.1) is 0 Å². The Morgan fingerprint density at radius 3 is 2.81 bits per heavy atom. The average Bonchev–Trinajstić information content (AvgIpc) is 2.19. The molecule has 0 heterocycles. The summed E-state index contributed by atoms with van der Waals surface area (Å²) < 4.78 is 41.9. The summed E-state index contributed by atoms with van der Waals surface area (Å²) in [4.78, 5) is 0.0612. The monoisotopic (exact) mass is 249 g/mol. The van der Waals surface area contributed by atoms with E-state index in [-0.39, 0.29) is 22.4 Å². The maximum atomic E-state index is 12.2. The standard InChI is InChI=1S/C11H12F3OS/c1-2-3-8-15-9-6-4-5-7-10(9)16-11(12,13)14/h4,6-7H,2-3,8H2,1H3. The zero-order chi connectivity index (χ0) is 12.0. The molecule has 1 aromatic carbocycles. The Labute approximate surface area is 97.0 Å². The van der Waals surface area contributed by atoms with Gasteiger partial charge in [-0.2, -0.15) is 13.2 Å². The summed E-state index contributed by atoms with van der Waals surface area (Å²) in [6.07, 6.45) is 1.77. The van der Waals surface area contributed by atoms with Gasteiger partial charge in [-0.3, -0.25) is 0 Å². The van der Waals surface area contributed by atoms with Crippen LogP contribution in [0.1, 0.15) is 19.8 Å². The minimum absolute atomic E-state index is 0.0612. The van der Waals surface area contributed by atoms with Gasteiger partial charge in [0.2, 0.25) is 0 Å². The van der Waals surface area contributed by atoms with Crippen molar-refractivity contribution in [2.75, 3.05) is 6.61 Å². The summed E-state index contributed by atoms with van der Waals surface area (Å²) in [5, 5.41) is 0. The zero-order valence-electron chi connectivity index (χ0n) is 8.80. The molecule has 0 amide bonds. The molecule has 0 bridgehead atoms. The highest BCUT2D eigenvalue weighted by Gasteiger charge is 2.30. The molecule has 89 valence electrons. The lowest BCUT2D eigenvalue weighted by Crippen LogP contribution is -2.02. The highest BCUT2D eigenvalue weighted by atomic mass is 32.2. The largest absolute Gasteiger partial charge is 0.492 e. The number of halogens is 3. The summed E-state index contributed by atoms with van der Waals surface area (Å²) in [5.74, 6) is 0.273. The summed E-state index contributed by atoms with van der Waals surface area (Å²) in [6, 6.07) is 6.95. The predicted octanol–water partition coefficient (Wildman–Crippen LogP) is 4.28. The van der Waals surface area contributed by atoms with Crippen molar-refractivity contribution in [1.29, 1.82) is 0 Å². The third kappa shape index (κ3) is 4.79. The Kier molecular flexibility index (Phi) is 4.99. The van der Waals surface area contributed by atoms with Crippen LogP contribution in [0.15, 0.2) is 23.1 Å². The van der Waals surface area contributed by atoms with E-state index in [0.717, 1.165) is 12.8 Å². The number of thioether (sulfide) groups is 1. The molecule has 0 spiro atoms. The lowest BCUT2D eigenvalue weighted by Gasteiger charge is -2.11. The second-order valence-electron chi connectivity index (χ2n) is 3.12. The number of rotatable bonds is 5. The van der Waals surface area contributed by atoms with Gasteiger partial charge in [-0.05, 0) is 36.4 Å². The molecule has 0 unspecified atom stereocenters. The molecule has 1 nitrogen and oxygen atoms in total. The van der Waals surface area contributed by atoms with Crippen molar-refractivity contribution < 1.29 is 17.9 Å². The van der Waals surface area contributed by atoms with E-state index in [1.54, 1.807) is 6.07 Å². The highest BCUT2D eigenvalue weighted by Crippen LogP contribution is 2.41. The maximum absolute atomic E-state index is 12.2. The lowest BCUT2D eigenvalue weighted by molar-refractivity contribution is -0.0329. The fourth-order valence-corrected chi connectivity index (χ4v) is 1.65. The summed E-state index contributed by atoms with van der Waals surface area (Å²) in [7, 11) is 0. The zero-order valence-corrected chi connectivity index (χ0v) is 9.62. The van der Waals surface area contributed by atoms with E-state index in [2.05, 4.69) is 6.07 Å². The van der Waals surface area contributed by atoms with Crippen molar-refractivity contribution in [2.45, 2.75) is 30.2 Å². The normalized spacial score (nSPS) is 11.5. The van der Waals surface area contributed by atoms with Crippen molar-refractivity contribution in [3.63, 3.8) is 0 Å². The molecule has 0 N–H and O–H groups in total. The first kappa shape index (κ1) is 13.2. The van der Waals surface area contributed by atoms with Crippen LogP contribution >= 0.6 is 11.8 Å². The van der Waals surface area contributed by atoms with Gasteiger partial charge in [0, 0.05) is 0 Å². The number of unbranched alkanes of at least 4 members (excludes halogenated alkanes) is 1. The summed E-state index contributed by atoms with van der Waals surface area (Å²) in [6.45, 7) is 2.43. The van der Waals surface area contributed by atoms with Crippen LogP contribution in [-0.2, 0) is 0 Å². The van der Waals surface area contributed by atoms with Gasteiger partial charge in [0.15, 0.2) is 0 Å². The van der Waals surface area contributed by atoms with Gasteiger partial charge < -0.3 is 4.74 Å². The first-order valence-corrected chi connectivity index (χ1v) is 5.73. The van der Waals surface area contributed by atoms with Crippen molar-refractivity contribution in [3.8, 4) is 5.75 Å². The van der Waals surface area contributed by atoms with Crippen LogP contribution in [0.2, 0.25) is 0 Å². The van der Waals surface area contributed by atoms with E-state index in [4.69, 9.17) is 4.74 Å². The SMILES string of the molecule is CCCCOc1cc[c]cc1SC(F)(F)F. The van der Waals surface area contributed by atoms with Gasteiger partial charge in [0.05, 0.1) is 11.5 Å². The lowest BCUT2D eigenvalue weighted by atomic mass is 10.3. The van der Waals surface area contributed by atoms with E-state index in [0.29, 0.717) is 6.61 Å². The second-order valence-corrected chi connectivity index (χ2v) is 4.23. The predicted molar refractivity (Wildman–Crippen MR) is 57.6 cm³/mol. The van der Waals surface area contributed by atoms with Crippen molar-refractivity contribution in [2.24, 2.45) is 0 Å². The minimum atomic E-state index is -4.29. The van der Waals surface area contributed by atoms with Crippen molar-refractivity contribution in [1.82, 2.24) is 0 Å². The molecule has 16 heavy (non-hydrogen) atoms. The molecule has 0 aliphatic rings. The fourth-order valence-electron chi connectivity index (χ4n) is 1.05. The highest BCUT2D eigenvalue weighted by molar-refractivity contribution is 8.00. The van der Waals surface area contributed by atoms with E-state index >= 15 is 0 Å². The number of ether oxygens (including phenoxy) is 1. The Morgan fingerprint density at radius 2 is 2.19 bits per heavy atom. The third-order valence-electron chi connectivity index (χ3n) is 1.77. The molecule has 0 aliphatic heterocycles. The number of benzene rings is 1. The molecule has 0 fully saturated rings. The van der Waals surface area contributed by atoms with E-state index < -0.39 is 5.51 Å². The van der Waals surface area contributed by atoms with Crippen LogP contribution in [-0.4, -0.2) is 12.1 Å². The van der Waals surface area contributed by atoms with Gasteiger partial charge >= 0.3 is 5.51 Å². The van der Waals surface area contributed by atoms with Gasteiger partial charge in [0.25, 0.3) is 0 Å². The molecule has 1 rings (SSSR count). The number of hydrogen-bond donors (Lipinski definition) is 0. The summed E-state index contributed by atoms with van der Waals surface area (Å²) in [5.41, 5.74) is -4.29. The average molecular weight is 249 g/mol. The van der Waals surface area contributed by atoms with Crippen LogP contribution in [0, 0.1) is 6.07 Å².